The van der Waals surface area contributed by atoms with E-state index in [-0.39, 0.29) is 23.6 Å². The Balaban J connectivity index is 1.86. The van der Waals surface area contributed by atoms with E-state index in [4.69, 9.17) is 0 Å². The van der Waals surface area contributed by atoms with E-state index in [9.17, 15) is 9.18 Å². The number of rotatable bonds is 3. The molecule has 1 aromatic carbocycles. The van der Waals surface area contributed by atoms with Crippen LogP contribution in [0.3, 0.4) is 0 Å². The van der Waals surface area contributed by atoms with Gasteiger partial charge in [-0.15, -0.1) is 5.10 Å². The van der Waals surface area contributed by atoms with E-state index < -0.39 is 0 Å². The monoisotopic (exact) mass is 344 g/mol. The first kappa shape index (κ1) is 15.4. The molecular weight excluding hydrogens is 327 g/mol. The van der Waals surface area contributed by atoms with Gasteiger partial charge in [-0.1, -0.05) is 36.9 Å². The van der Waals surface area contributed by atoms with Crippen molar-refractivity contribution in [2.75, 3.05) is 11.1 Å². The fourth-order valence-electron chi connectivity index (χ4n) is 3.34. The minimum absolute atomic E-state index is 0.181. The third-order valence-corrected chi connectivity index (χ3v) is 5.09. The van der Waals surface area contributed by atoms with Gasteiger partial charge in [-0.05, 0) is 29.9 Å². The van der Waals surface area contributed by atoms with Crippen LogP contribution >= 0.6 is 11.8 Å². The van der Waals surface area contributed by atoms with E-state index in [0.717, 1.165) is 23.4 Å². The van der Waals surface area contributed by atoms with Gasteiger partial charge in [0.2, 0.25) is 11.1 Å². The number of fused-ring (bicyclic) bond motifs is 2. The Morgan fingerprint density at radius 3 is 2.92 bits per heavy atom. The van der Waals surface area contributed by atoms with Gasteiger partial charge in [0.25, 0.3) is 0 Å². The molecular formula is C17H17FN4OS. The molecule has 1 aliphatic carbocycles. The molecule has 0 fully saturated rings. The highest BCUT2D eigenvalue weighted by molar-refractivity contribution is 7.99. The summed E-state index contributed by atoms with van der Waals surface area (Å²) < 4.78 is 15.1. The highest BCUT2D eigenvalue weighted by Crippen LogP contribution is 2.41. The largest absolute Gasteiger partial charge is 0.328 e. The first-order chi connectivity index (χ1) is 11.7. The van der Waals surface area contributed by atoms with Crippen molar-refractivity contribution in [1.29, 1.82) is 0 Å². The van der Waals surface area contributed by atoms with Gasteiger partial charge in [-0.25, -0.2) is 9.07 Å². The molecule has 7 heteroatoms. The van der Waals surface area contributed by atoms with Crippen LogP contribution < -0.4 is 5.32 Å². The molecule has 124 valence electrons. The van der Waals surface area contributed by atoms with Crippen molar-refractivity contribution in [2.45, 2.75) is 31.0 Å². The van der Waals surface area contributed by atoms with Crippen LogP contribution in [0.25, 0.3) is 0 Å². The van der Waals surface area contributed by atoms with Gasteiger partial charge in [0, 0.05) is 12.1 Å². The lowest BCUT2D eigenvalue weighted by Gasteiger charge is -2.36. The number of Topliss-reactive ketones (excluding diaryl/α,β-unsaturated/α-hetero) is 1. The van der Waals surface area contributed by atoms with Crippen LogP contribution in [0.1, 0.15) is 31.4 Å². The molecule has 4 rings (SSSR count). The lowest BCUT2D eigenvalue weighted by molar-refractivity contribution is -0.123. The van der Waals surface area contributed by atoms with Gasteiger partial charge in [0.05, 0.1) is 12.0 Å². The topological polar surface area (TPSA) is 59.8 Å². The Kier molecular flexibility index (Phi) is 3.88. The standard InChI is InChI=1S/C17H17FN4OS/c1-2-24-17-20-16-19-12-4-3-5-13(23)14(12)15(22(16)21-17)10-6-8-11(18)9-7-10/h4,6-9,14-15H,2-3,5H2,1H3,(H,19,20,21)/t14-,15-/m1/s1. The number of thioether (sulfide) groups is 1. The molecule has 2 heterocycles. The van der Waals surface area contributed by atoms with E-state index in [1.165, 1.54) is 12.1 Å². The van der Waals surface area contributed by atoms with Crippen molar-refractivity contribution in [3.63, 3.8) is 0 Å². The molecule has 1 N–H and O–H groups in total. The molecule has 0 amide bonds. The van der Waals surface area contributed by atoms with Crippen molar-refractivity contribution in [3.8, 4) is 0 Å². The fraction of sp³-hybridized carbons (Fsp3) is 0.353. The third-order valence-electron chi connectivity index (χ3n) is 4.37. The smallest absolute Gasteiger partial charge is 0.227 e. The van der Waals surface area contributed by atoms with Crippen molar-refractivity contribution in [3.05, 3.63) is 47.4 Å². The molecule has 2 atom stereocenters. The minimum Gasteiger partial charge on any atom is -0.328 e. The van der Waals surface area contributed by atoms with Crippen LogP contribution in [0.15, 0.2) is 41.2 Å². The molecule has 0 saturated carbocycles. The maximum atomic E-state index is 13.3. The van der Waals surface area contributed by atoms with Crippen LogP contribution in [0.5, 0.6) is 0 Å². The fourth-order valence-corrected chi connectivity index (χ4v) is 3.89. The average molecular weight is 344 g/mol. The van der Waals surface area contributed by atoms with Gasteiger partial charge < -0.3 is 5.32 Å². The Bertz CT molecular complexity index is 814. The second-order valence-electron chi connectivity index (χ2n) is 5.86. The summed E-state index contributed by atoms with van der Waals surface area (Å²) in [6.45, 7) is 2.04. The highest BCUT2D eigenvalue weighted by atomic mass is 32.2. The van der Waals surface area contributed by atoms with Crippen molar-refractivity contribution < 1.29 is 9.18 Å². The highest BCUT2D eigenvalue weighted by Gasteiger charge is 2.41. The summed E-state index contributed by atoms with van der Waals surface area (Å²) in [7, 11) is 0. The van der Waals surface area contributed by atoms with Gasteiger partial charge >= 0.3 is 0 Å². The molecule has 0 saturated heterocycles. The molecule has 2 aliphatic rings. The maximum absolute atomic E-state index is 13.3. The Hall–Kier alpha value is -2.15. The number of hydrogen-bond donors (Lipinski definition) is 1. The van der Waals surface area contributed by atoms with Gasteiger partial charge in [-0.2, -0.15) is 4.98 Å². The van der Waals surface area contributed by atoms with Crippen LogP contribution in [-0.2, 0) is 4.79 Å². The van der Waals surface area contributed by atoms with Crippen LogP contribution in [-0.4, -0.2) is 26.3 Å². The van der Waals surface area contributed by atoms with E-state index in [2.05, 4.69) is 21.5 Å². The predicted molar refractivity (Wildman–Crippen MR) is 90.4 cm³/mol. The number of anilines is 1. The van der Waals surface area contributed by atoms with Crippen LogP contribution in [0, 0.1) is 11.7 Å². The zero-order valence-electron chi connectivity index (χ0n) is 13.2. The second kappa shape index (κ2) is 6.05. The summed E-state index contributed by atoms with van der Waals surface area (Å²) in [6.07, 6.45) is 3.32. The van der Waals surface area contributed by atoms with Crippen LogP contribution in [0.2, 0.25) is 0 Å². The molecule has 5 nitrogen and oxygen atoms in total. The molecule has 2 aromatic rings. The molecule has 24 heavy (non-hydrogen) atoms. The zero-order chi connectivity index (χ0) is 16.7. The minimum atomic E-state index is -0.321. The number of carbonyl (C=O) groups is 1. The van der Waals surface area contributed by atoms with Gasteiger partial charge in [-0.3, -0.25) is 4.79 Å². The van der Waals surface area contributed by atoms with Gasteiger partial charge in [0.1, 0.15) is 11.6 Å². The SMILES string of the molecule is CCSc1nc2n(n1)[C@H](c1ccc(F)cc1)[C@H]1C(=O)CCC=C1N2. The van der Waals surface area contributed by atoms with E-state index in [0.29, 0.717) is 17.5 Å². The van der Waals surface area contributed by atoms with E-state index >= 15 is 0 Å². The lowest BCUT2D eigenvalue weighted by atomic mass is 9.81. The number of nitrogens with one attached hydrogen (secondary N) is 1. The van der Waals surface area contributed by atoms with Gasteiger partial charge in [0.15, 0.2) is 0 Å². The predicted octanol–water partition coefficient (Wildman–Crippen LogP) is 3.41. The van der Waals surface area contributed by atoms with Crippen molar-refractivity contribution in [1.82, 2.24) is 14.8 Å². The lowest BCUT2D eigenvalue weighted by Crippen LogP contribution is -2.38. The Morgan fingerprint density at radius 2 is 2.17 bits per heavy atom. The molecule has 1 aromatic heterocycles. The molecule has 0 radical (unpaired) electrons. The normalized spacial score (nSPS) is 22.4. The zero-order valence-corrected chi connectivity index (χ0v) is 14.0. The van der Waals surface area contributed by atoms with Crippen molar-refractivity contribution >= 4 is 23.5 Å². The quantitative estimate of drug-likeness (QED) is 0.865. The summed E-state index contributed by atoms with van der Waals surface area (Å²) in [6, 6.07) is 6.00. The maximum Gasteiger partial charge on any atom is 0.227 e. The number of nitrogens with zero attached hydrogens (tertiary/aromatic N) is 3. The first-order valence-corrected chi connectivity index (χ1v) is 9.00. The molecule has 0 spiro atoms. The molecule has 0 unspecified atom stereocenters. The Morgan fingerprint density at radius 1 is 1.38 bits per heavy atom. The number of benzene rings is 1. The number of carbonyl (C=O) groups excluding carboxylic acids is 1. The number of ketones is 1. The third kappa shape index (κ3) is 2.53. The number of hydrogen-bond acceptors (Lipinski definition) is 5. The Labute approximate surface area is 143 Å². The van der Waals surface area contributed by atoms with E-state index in [1.54, 1.807) is 28.6 Å². The summed E-state index contributed by atoms with van der Waals surface area (Å²) >= 11 is 1.56. The van der Waals surface area contributed by atoms with E-state index in [1.807, 2.05) is 6.92 Å². The molecule has 1 aliphatic heterocycles. The molecule has 0 bridgehead atoms. The number of allylic oxidation sites excluding steroid dienone is 2. The number of halogens is 1. The average Bonchev–Trinajstić information content (AvgIpc) is 2.96. The van der Waals surface area contributed by atoms with Crippen LogP contribution in [0.4, 0.5) is 10.3 Å². The summed E-state index contributed by atoms with van der Waals surface area (Å²) in [4.78, 5) is 17.1. The first-order valence-electron chi connectivity index (χ1n) is 8.02. The number of aromatic nitrogens is 3. The summed E-state index contributed by atoms with van der Waals surface area (Å²) in [5.41, 5.74) is 1.75. The summed E-state index contributed by atoms with van der Waals surface area (Å²) in [5, 5.41) is 8.52. The van der Waals surface area contributed by atoms with Crippen molar-refractivity contribution in [2.24, 2.45) is 5.92 Å². The second-order valence-corrected chi connectivity index (χ2v) is 7.09. The summed E-state index contributed by atoms with van der Waals surface area (Å²) in [5.74, 6) is 1.07.